The van der Waals surface area contributed by atoms with Crippen LogP contribution in [0.1, 0.15) is 16.1 Å². The molecule has 0 unspecified atom stereocenters. The topological polar surface area (TPSA) is 81.2 Å². The third-order valence-electron chi connectivity index (χ3n) is 4.24. The SMILES string of the molecule is Cc1ccc(-c2csc(NC(=O)COC(=O)c3ccc4ccccc4n3)n2)cc1. The molecule has 1 amide bonds. The minimum absolute atomic E-state index is 0.160. The Kier molecular flexibility index (Phi) is 5.31. The number of esters is 1. The van der Waals surface area contributed by atoms with Gasteiger partial charge in [-0.1, -0.05) is 54.1 Å². The number of hydrogen-bond acceptors (Lipinski definition) is 6. The molecule has 144 valence electrons. The number of nitrogens with zero attached hydrogens (tertiary/aromatic N) is 2. The highest BCUT2D eigenvalue weighted by atomic mass is 32.1. The Morgan fingerprint density at radius 3 is 2.62 bits per heavy atom. The van der Waals surface area contributed by atoms with Gasteiger partial charge in [-0.15, -0.1) is 11.3 Å². The monoisotopic (exact) mass is 403 g/mol. The molecule has 4 rings (SSSR count). The fraction of sp³-hybridized carbons (Fsp3) is 0.0909. The average molecular weight is 403 g/mol. The van der Waals surface area contributed by atoms with Gasteiger partial charge in [0.25, 0.3) is 5.91 Å². The standard InChI is InChI=1S/C22H17N3O3S/c1-14-6-8-16(9-7-14)19-13-29-22(24-19)25-20(26)12-28-21(27)18-11-10-15-4-2-3-5-17(15)23-18/h2-11,13H,12H2,1H3,(H,24,25,26). The lowest BCUT2D eigenvalue weighted by Crippen LogP contribution is -2.21. The number of pyridine rings is 1. The zero-order valence-electron chi connectivity index (χ0n) is 15.6. The number of rotatable bonds is 5. The number of anilines is 1. The summed E-state index contributed by atoms with van der Waals surface area (Å²) < 4.78 is 5.08. The van der Waals surface area contributed by atoms with Crippen LogP contribution in [-0.4, -0.2) is 28.5 Å². The predicted octanol–water partition coefficient (Wildman–Crippen LogP) is 4.46. The van der Waals surface area contributed by atoms with Gasteiger partial charge in [-0.2, -0.15) is 0 Å². The Bertz CT molecular complexity index is 1190. The summed E-state index contributed by atoms with van der Waals surface area (Å²) in [6.07, 6.45) is 0. The molecule has 6 nitrogen and oxygen atoms in total. The van der Waals surface area contributed by atoms with Crippen molar-refractivity contribution in [2.24, 2.45) is 0 Å². The van der Waals surface area contributed by atoms with Gasteiger partial charge < -0.3 is 4.74 Å². The summed E-state index contributed by atoms with van der Waals surface area (Å²) in [6, 6.07) is 18.8. The molecule has 0 spiro atoms. The molecule has 0 bridgehead atoms. The molecular weight excluding hydrogens is 386 g/mol. The summed E-state index contributed by atoms with van der Waals surface area (Å²) in [5.41, 5.74) is 3.77. The van der Waals surface area contributed by atoms with Crippen molar-refractivity contribution in [1.82, 2.24) is 9.97 Å². The van der Waals surface area contributed by atoms with Crippen LogP contribution in [-0.2, 0) is 9.53 Å². The number of para-hydroxylation sites is 1. The fourth-order valence-corrected chi connectivity index (χ4v) is 3.46. The highest BCUT2D eigenvalue weighted by Gasteiger charge is 2.14. The van der Waals surface area contributed by atoms with Crippen molar-refractivity contribution in [2.45, 2.75) is 6.92 Å². The molecule has 4 aromatic rings. The second kappa shape index (κ2) is 8.20. The molecule has 0 saturated heterocycles. The Morgan fingerprint density at radius 1 is 1.00 bits per heavy atom. The van der Waals surface area contributed by atoms with Gasteiger partial charge in [-0.25, -0.2) is 14.8 Å². The summed E-state index contributed by atoms with van der Waals surface area (Å²) in [4.78, 5) is 33.0. The molecule has 0 fully saturated rings. The largest absolute Gasteiger partial charge is 0.451 e. The lowest BCUT2D eigenvalue weighted by Gasteiger charge is -2.05. The van der Waals surface area contributed by atoms with E-state index in [1.165, 1.54) is 16.9 Å². The van der Waals surface area contributed by atoms with E-state index in [2.05, 4.69) is 15.3 Å². The van der Waals surface area contributed by atoms with Gasteiger partial charge in [-0.05, 0) is 19.1 Å². The number of ether oxygens (including phenoxy) is 1. The molecule has 1 N–H and O–H groups in total. The van der Waals surface area contributed by atoms with Gasteiger partial charge >= 0.3 is 5.97 Å². The van der Waals surface area contributed by atoms with Crippen LogP contribution in [0.3, 0.4) is 0 Å². The van der Waals surface area contributed by atoms with E-state index in [1.807, 2.05) is 60.8 Å². The minimum Gasteiger partial charge on any atom is -0.451 e. The number of benzene rings is 2. The highest BCUT2D eigenvalue weighted by Crippen LogP contribution is 2.25. The summed E-state index contributed by atoms with van der Waals surface area (Å²) in [6.45, 7) is 1.61. The average Bonchev–Trinajstić information content (AvgIpc) is 3.20. The molecule has 29 heavy (non-hydrogen) atoms. The van der Waals surface area contributed by atoms with Gasteiger partial charge in [0.05, 0.1) is 11.2 Å². The summed E-state index contributed by atoms with van der Waals surface area (Å²) in [7, 11) is 0. The molecule has 0 aliphatic heterocycles. The number of carbonyl (C=O) groups is 2. The Balaban J connectivity index is 1.35. The minimum atomic E-state index is -0.648. The molecule has 0 aliphatic rings. The normalized spacial score (nSPS) is 10.7. The van der Waals surface area contributed by atoms with Gasteiger partial charge in [0, 0.05) is 16.3 Å². The lowest BCUT2D eigenvalue weighted by molar-refractivity contribution is -0.119. The van der Waals surface area contributed by atoms with Crippen molar-refractivity contribution in [3.8, 4) is 11.3 Å². The number of aromatic nitrogens is 2. The van der Waals surface area contributed by atoms with Crippen molar-refractivity contribution >= 4 is 39.2 Å². The van der Waals surface area contributed by atoms with Crippen molar-refractivity contribution in [3.63, 3.8) is 0 Å². The first-order chi connectivity index (χ1) is 14.1. The van der Waals surface area contributed by atoms with Crippen LogP contribution in [0.4, 0.5) is 5.13 Å². The molecule has 0 aliphatic carbocycles. The van der Waals surface area contributed by atoms with Crippen LogP contribution in [0, 0.1) is 6.92 Å². The molecule has 2 heterocycles. The number of thiazole rings is 1. The first-order valence-electron chi connectivity index (χ1n) is 8.94. The van der Waals surface area contributed by atoms with Crippen molar-refractivity contribution in [3.05, 3.63) is 77.3 Å². The maximum Gasteiger partial charge on any atom is 0.357 e. The van der Waals surface area contributed by atoms with E-state index in [9.17, 15) is 9.59 Å². The lowest BCUT2D eigenvalue weighted by atomic mass is 10.1. The van der Waals surface area contributed by atoms with Crippen molar-refractivity contribution < 1.29 is 14.3 Å². The summed E-state index contributed by atoms with van der Waals surface area (Å²) in [5, 5.41) is 5.89. The maximum absolute atomic E-state index is 12.2. The Labute approximate surface area is 171 Å². The van der Waals surface area contributed by atoms with Crippen LogP contribution in [0.15, 0.2) is 66.0 Å². The van der Waals surface area contributed by atoms with Crippen LogP contribution in [0.25, 0.3) is 22.2 Å². The number of hydrogen-bond donors (Lipinski definition) is 1. The quantitative estimate of drug-likeness (QED) is 0.498. The fourth-order valence-electron chi connectivity index (χ4n) is 2.73. The van der Waals surface area contributed by atoms with Gasteiger partial charge in [0.2, 0.25) is 0 Å². The molecule has 2 aromatic carbocycles. The van der Waals surface area contributed by atoms with E-state index in [-0.39, 0.29) is 5.69 Å². The van der Waals surface area contributed by atoms with E-state index in [0.717, 1.165) is 16.6 Å². The Morgan fingerprint density at radius 2 is 1.79 bits per heavy atom. The van der Waals surface area contributed by atoms with Crippen LogP contribution in [0.2, 0.25) is 0 Å². The molecule has 7 heteroatoms. The predicted molar refractivity (Wildman–Crippen MR) is 113 cm³/mol. The van der Waals surface area contributed by atoms with Crippen LogP contribution >= 0.6 is 11.3 Å². The second-order valence-corrected chi connectivity index (χ2v) is 7.28. The third-order valence-corrected chi connectivity index (χ3v) is 5.00. The summed E-state index contributed by atoms with van der Waals surface area (Å²) in [5.74, 6) is -1.10. The number of aryl methyl sites for hydroxylation is 1. The third kappa shape index (κ3) is 4.47. The first-order valence-corrected chi connectivity index (χ1v) is 9.82. The van der Waals surface area contributed by atoms with E-state index >= 15 is 0 Å². The number of amides is 1. The zero-order chi connectivity index (χ0) is 20.2. The van der Waals surface area contributed by atoms with Crippen LogP contribution in [0.5, 0.6) is 0 Å². The molecule has 0 atom stereocenters. The van der Waals surface area contributed by atoms with Gasteiger partial charge in [-0.3, -0.25) is 10.1 Å². The van der Waals surface area contributed by atoms with Gasteiger partial charge in [0.1, 0.15) is 5.69 Å². The van der Waals surface area contributed by atoms with E-state index in [1.54, 1.807) is 12.1 Å². The van der Waals surface area contributed by atoms with Crippen molar-refractivity contribution in [1.29, 1.82) is 0 Å². The highest BCUT2D eigenvalue weighted by molar-refractivity contribution is 7.14. The molecule has 2 aromatic heterocycles. The zero-order valence-corrected chi connectivity index (χ0v) is 16.4. The molecule has 0 saturated carbocycles. The number of carbonyl (C=O) groups excluding carboxylic acids is 2. The van der Waals surface area contributed by atoms with Gasteiger partial charge in [0.15, 0.2) is 11.7 Å². The summed E-state index contributed by atoms with van der Waals surface area (Å²) >= 11 is 1.31. The molecule has 0 radical (unpaired) electrons. The smallest absolute Gasteiger partial charge is 0.357 e. The molecular formula is C22H17N3O3S. The van der Waals surface area contributed by atoms with E-state index < -0.39 is 18.5 Å². The van der Waals surface area contributed by atoms with E-state index in [0.29, 0.717) is 10.6 Å². The number of fused-ring (bicyclic) bond motifs is 1. The first kappa shape index (κ1) is 18.8. The maximum atomic E-state index is 12.2. The number of nitrogens with one attached hydrogen (secondary N) is 1. The second-order valence-electron chi connectivity index (χ2n) is 6.42. The van der Waals surface area contributed by atoms with E-state index in [4.69, 9.17) is 4.74 Å². The van der Waals surface area contributed by atoms with Crippen LogP contribution < -0.4 is 5.32 Å². The Hall–Kier alpha value is -3.58. The van der Waals surface area contributed by atoms with Crippen molar-refractivity contribution in [2.75, 3.05) is 11.9 Å².